The van der Waals surface area contributed by atoms with Gasteiger partial charge in [0, 0.05) is 64.6 Å². The summed E-state index contributed by atoms with van der Waals surface area (Å²) in [5.41, 5.74) is 4.61. The van der Waals surface area contributed by atoms with Gasteiger partial charge in [-0.15, -0.1) is 0 Å². The number of likely N-dealkylation sites (N-methyl/N-ethyl adjacent to an activating group) is 1. The first-order chi connectivity index (χ1) is 17.7. The smallest absolute Gasteiger partial charge is 0.298 e. The van der Waals surface area contributed by atoms with Crippen LogP contribution in [0.1, 0.15) is 16.8 Å². The second-order valence-electron chi connectivity index (χ2n) is 9.67. The highest BCUT2D eigenvalue weighted by Crippen LogP contribution is 2.24. The van der Waals surface area contributed by atoms with Crippen molar-refractivity contribution in [1.82, 2.24) is 14.8 Å². The van der Waals surface area contributed by atoms with E-state index in [1.807, 2.05) is 12.1 Å². The Balaban J connectivity index is 1.31. The molecule has 8 heteroatoms. The van der Waals surface area contributed by atoms with Crippen LogP contribution in [0.5, 0.6) is 5.75 Å². The van der Waals surface area contributed by atoms with Crippen LogP contribution in [0.25, 0.3) is 0 Å². The van der Waals surface area contributed by atoms with E-state index in [1.165, 1.54) is 11.3 Å². The number of morpholine rings is 1. The van der Waals surface area contributed by atoms with Gasteiger partial charge in [-0.2, -0.15) is 4.98 Å². The van der Waals surface area contributed by atoms with Crippen LogP contribution in [0.3, 0.4) is 0 Å². The molecule has 0 aliphatic carbocycles. The van der Waals surface area contributed by atoms with Gasteiger partial charge in [0.2, 0.25) is 0 Å². The van der Waals surface area contributed by atoms with Gasteiger partial charge in [-0.3, -0.25) is 4.90 Å². The number of anilines is 2. The predicted octanol–water partition coefficient (Wildman–Crippen LogP) is 3.47. The zero-order valence-corrected chi connectivity index (χ0v) is 21.4. The minimum absolute atomic E-state index is 0.643. The Hall–Kier alpha value is -3.07. The lowest BCUT2D eigenvalue weighted by Crippen LogP contribution is -2.44. The molecular formula is C28H37N5O3. The summed E-state index contributed by atoms with van der Waals surface area (Å²) in [6.07, 6.45) is 1.79. The molecule has 8 nitrogen and oxygen atoms in total. The molecule has 0 atom stereocenters. The molecule has 0 saturated carbocycles. The minimum atomic E-state index is 0.643. The topological polar surface area (TPSA) is 57.5 Å². The summed E-state index contributed by atoms with van der Waals surface area (Å²) in [5, 5.41) is 0. The maximum atomic E-state index is 6.01. The Kier molecular flexibility index (Phi) is 8.05. The van der Waals surface area contributed by atoms with E-state index >= 15 is 0 Å². The Bertz CT molecular complexity index is 1090. The number of rotatable bonds is 9. The van der Waals surface area contributed by atoms with Crippen molar-refractivity contribution in [3.05, 3.63) is 71.6 Å². The molecule has 0 amide bonds. The van der Waals surface area contributed by atoms with Crippen molar-refractivity contribution < 1.29 is 13.9 Å². The van der Waals surface area contributed by atoms with Gasteiger partial charge in [0.15, 0.2) is 0 Å². The van der Waals surface area contributed by atoms with Crippen LogP contribution in [0.4, 0.5) is 11.7 Å². The lowest BCUT2D eigenvalue weighted by molar-refractivity contribution is 0.0336. The van der Waals surface area contributed by atoms with Crippen molar-refractivity contribution in [3.63, 3.8) is 0 Å². The highest BCUT2D eigenvalue weighted by molar-refractivity contribution is 5.48. The number of oxazole rings is 1. The number of hydrogen-bond donors (Lipinski definition) is 0. The summed E-state index contributed by atoms with van der Waals surface area (Å²) in [7, 11) is 3.89. The first-order valence-electron chi connectivity index (χ1n) is 12.8. The molecule has 2 fully saturated rings. The highest BCUT2D eigenvalue weighted by Gasteiger charge is 2.19. The van der Waals surface area contributed by atoms with Gasteiger partial charge in [-0.25, -0.2) is 0 Å². The second kappa shape index (κ2) is 11.8. The van der Waals surface area contributed by atoms with Gasteiger partial charge in [0.05, 0.1) is 26.0 Å². The fraction of sp³-hybridized carbons (Fsp3) is 0.464. The van der Waals surface area contributed by atoms with E-state index in [-0.39, 0.29) is 0 Å². The van der Waals surface area contributed by atoms with E-state index < -0.39 is 0 Å². The van der Waals surface area contributed by atoms with Crippen molar-refractivity contribution >= 4 is 11.7 Å². The zero-order valence-electron chi connectivity index (χ0n) is 21.4. The summed E-state index contributed by atoms with van der Waals surface area (Å²) < 4.78 is 16.9. The van der Waals surface area contributed by atoms with Gasteiger partial charge < -0.3 is 28.6 Å². The Morgan fingerprint density at radius 2 is 1.67 bits per heavy atom. The Morgan fingerprint density at radius 3 is 2.42 bits per heavy atom. The average molecular weight is 492 g/mol. The fourth-order valence-corrected chi connectivity index (χ4v) is 4.78. The van der Waals surface area contributed by atoms with Gasteiger partial charge in [0.1, 0.15) is 12.0 Å². The SMILES string of the molecule is COc1cccc(CN(Cc2ccc(N3CCN(C)CC3)cc2)c2nc(CN3CCOCC3)co2)c1. The fourth-order valence-electron chi connectivity index (χ4n) is 4.78. The summed E-state index contributed by atoms with van der Waals surface area (Å²) in [6, 6.07) is 17.8. The van der Waals surface area contributed by atoms with E-state index in [0.717, 1.165) is 76.0 Å². The monoisotopic (exact) mass is 491 g/mol. The molecule has 3 heterocycles. The number of methoxy groups -OCH3 is 1. The molecule has 3 aromatic rings. The van der Waals surface area contributed by atoms with Crippen molar-refractivity contribution in [3.8, 4) is 5.75 Å². The first kappa shape index (κ1) is 24.6. The molecule has 0 unspecified atom stereocenters. The normalized spacial score (nSPS) is 17.3. The van der Waals surface area contributed by atoms with Gasteiger partial charge in [-0.05, 0) is 42.4 Å². The molecule has 2 aliphatic rings. The van der Waals surface area contributed by atoms with Crippen molar-refractivity contribution in [2.45, 2.75) is 19.6 Å². The summed E-state index contributed by atoms with van der Waals surface area (Å²) >= 11 is 0. The van der Waals surface area contributed by atoms with Gasteiger partial charge in [-0.1, -0.05) is 24.3 Å². The minimum Gasteiger partial charge on any atom is -0.497 e. The first-order valence-corrected chi connectivity index (χ1v) is 12.8. The lowest BCUT2D eigenvalue weighted by Gasteiger charge is -2.34. The second-order valence-corrected chi connectivity index (χ2v) is 9.67. The van der Waals surface area contributed by atoms with E-state index in [4.69, 9.17) is 18.9 Å². The van der Waals surface area contributed by atoms with Crippen molar-refractivity contribution in [2.24, 2.45) is 0 Å². The number of nitrogens with zero attached hydrogens (tertiary/aromatic N) is 5. The molecule has 1 aromatic heterocycles. The van der Waals surface area contributed by atoms with Crippen LogP contribution in [-0.4, -0.2) is 81.4 Å². The molecule has 0 N–H and O–H groups in total. The number of ether oxygens (including phenoxy) is 2. The standard InChI is InChI=1S/C28H37N5O3/c1-30-10-12-32(13-11-30)26-8-6-23(7-9-26)19-33(20-24-4-3-5-27(18-24)34-2)28-29-25(22-36-28)21-31-14-16-35-17-15-31/h3-9,18,22H,10-17,19-21H2,1-2H3. The summed E-state index contributed by atoms with van der Waals surface area (Å²) in [5.74, 6) is 0.851. The molecule has 192 valence electrons. The predicted molar refractivity (Wildman–Crippen MR) is 142 cm³/mol. The van der Waals surface area contributed by atoms with Crippen LogP contribution >= 0.6 is 0 Å². The summed E-state index contributed by atoms with van der Waals surface area (Å²) in [6.45, 7) is 9.91. The molecule has 2 aliphatic heterocycles. The molecule has 0 bridgehead atoms. The van der Waals surface area contributed by atoms with Crippen molar-refractivity contribution in [2.75, 3.05) is 76.4 Å². The molecule has 2 saturated heterocycles. The third kappa shape index (κ3) is 6.37. The quantitative estimate of drug-likeness (QED) is 0.451. The lowest BCUT2D eigenvalue weighted by atomic mass is 10.1. The number of piperazine rings is 1. The van der Waals surface area contributed by atoms with E-state index in [2.05, 4.69) is 63.0 Å². The molecular weight excluding hydrogens is 454 g/mol. The van der Waals surface area contributed by atoms with E-state index in [0.29, 0.717) is 19.1 Å². The Morgan fingerprint density at radius 1 is 0.917 bits per heavy atom. The van der Waals surface area contributed by atoms with Crippen LogP contribution in [0.15, 0.2) is 59.2 Å². The highest BCUT2D eigenvalue weighted by atomic mass is 16.5. The van der Waals surface area contributed by atoms with Crippen LogP contribution in [-0.2, 0) is 24.4 Å². The molecule has 5 rings (SSSR count). The maximum Gasteiger partial charge on any atom is 0.298 e. The average Bonchev–Trinajstić information content (AvgIpc) is 3.38. The molecule has 36 heavy (non-hydrogen) atoms. The number of aromatic nitrogens is 1. The third-order valence-electron chi connectivity index (χ3n) is 6.99. The zero-order chi connectivity index (χ0) is 24.7. The number of benzene rings is 2. The summed E-state index contributed by atoms with van der Waals surface area (Å²) in [4.78, 5) is 14.3. The van der Waals surface area contributed by atoms with Crippen LogP contribution in [0, 0.1) is 0 Å². The van der Waals surface area contributed by atoms with Crippen LogP contribution in [0.2, 0.25) is 0 Å². The molecule has 0 spiro atoms. The number of hydrogen-bond acceptors (Lipinski definition) is 8. The Labute approximate surface area is 214 Å². The van der Waals surface area contributed by atoms with E-state index in [1.54, 1.807) is 13.4 Å². The van der Waals surface area contributed by atoms with Gasteiger partial charge in [0.25, 0.3) is 6.01 Å². The third-order valence-corrected chi connectivity index (χ3v) is 6.99. The maximum absolute atomic E-state index is 6.01. The van der Waals surface area contributed by atoms with Crippen molar-refractivity contribution in [1.29, 1.82) is 0 Å². The molecule has 2 aromatic carbocycles. The van der Waals surface area contributed by atoms with E-state index in [9.17, 15) is 0 Å². The largest absolute Gasteiger partial charge is 0.497 e. The van der Waals surface area contributed by atoms with Gasteiger partial charge >= 0.3 is 0 Å². The van der Waals surface area contributed by atoms with Crippen LogP contribution < -0.4 is 14.5 Å². The molecule has 0 radical (unpaired) electrons.